The Kier molecular flexibility index (Phi) is 8.39. The Hall–Kier alpha value is -1.88. The Morgan fingerprint density at radius 1 is 1.03 bits per heavy atom. The largest absolute Gasteiger partial charge is 0.495 e. The number of ether oxygens (including phenoxy) is 1. The van der Waals surface area contributed by atoms with Gasteiger partial charge in [-0.05, 0) is 79.9 Å². The average molecular weight is 530 g/mol. The topological polar surface area (TPSA) is 70.6 Å². The van der Waals surface area contributed by atoms with E-state index in [0.717, 1.165) is 63.6 Å². The van der Waals surface area contributed by atoms with Gasteiger partial charge in [0.2, 0.25) is 0 Å². The van der Waals surface area contributed by atoms with Crippen LogP contribution in [-0.4, -0.2) is 114 Å². The molecule has 3 aliphatic heterocycles. The molecule has 2 atom stereocenters. The van der Waals surface area contributed by atoms with Gasteiger partial charge in [0.15, 0.2) is 0 Å². The number of hydrogen-bond acceptors (Lipinski definition) is 8. The lowest BCUT2D eigenvalue weighted by molar-refractivity contribution is 0.00578. The second-order valence-electron chi connectivity index (χ2n) is 13.2. The molecule has 9 nitrogen and oxygen atoms in total. The third-order valence-corrected chi connectivity index (χ3v) is 8.42. The zero-order chi connectivity index (χ0) is 27.9. The summed E-state index contributed by atoms with van der Waals surface area (Å²) in [5.41, 5.74) is -0.163. The number of carbonyl (C=O) groups is 1. The second-order valence-corrected chi connectivity index (χ2v) is 13.2. The molecule has 10 heteroatoms. The number of nitrogens with zero attached hydrogens (tertiary/aromatic N) is 5. The molecule has 0 radical (unpaired) electrons. The summed E-state index contributed by atoms with van der Waals surface area (Å²) < 4.78 is 18.1. The maximum Gasteiger partial charge on any atom is 0.495 e. The first-order valence-electron chi connectivity index (χ1n) is 14.2. The maximum absolute atomic E-state index is 12.4. The van der Waals surface area contributed by atoms with Crippen LogP contribution in [0.3, 0.4) is 0 Å². The van der Waals surface area contributed by atoms with Crippen molar-refractivity contribution in [2.24, 2.45) is 0 Å². The van der Waals surface area contributed by atoms with Crippen molar-refractivity contribution >= 4 is 24.5 Å². The Morgan fingerprint density at radius 3 is 2.16 bits per heavy atom. The van der Waals surface area contributed by atoms with Gasteiger partial charge in [-0.15, -0.1) is 0 Å². The molecule has 0 aliphatic carbocycles. The third kappa shape index (κ3) is 6.63. The van der Waals surface area contributed by atoms with Crippen molar-refractivity contribution in [1.29, 1.82) is 0 Å². The quantitative estimate of drug-likeness (QED) is 0.540. The molecule has 1 aromatic rings. The number of carbonyl (C=O) groups excluding carboxylic acids is 1. The van der Waals surface area contributed by atoms with E-state index in [-0.39, 0.29) is 24.4 Å². The lowest BCUT2D eigenvalue weighted by Crippen LogP contribution is -2.59. The molecule has 3 fully saturated rings. The fourth-order valence-corrected chi connectivity index (χ4v) is 5.45. The van der Waals surface area contributed by atoms with E-state index in [1.54, 1.807) is 0 Å². The normalized spacial score (nSPS) is 26.6. The molecule has 4 rings (SSSR count). The van der Waals surface area contributed by atoms with Crippen LogP contribution in [-0.2, 0) is 14.0 Å². The van der Waals surface area contributed by atoms with Crippen LogP contribution in [0, 0.1) is 0 Å². The molecule has 38 heavy (non-hydrogen) atoms. The van der Waals surface area contributed by atoms with Crippen LogP contribution in [0.4, 0.5) is 10.6 Å². The van der Waals surface area contributed by atoms with Crippen molar-refractivity contribution in [3.05, 3.63) is 18.3 Å². The van der Waals surface area contributed by atoms with E-state index in [2.05, 4.69) is 62.3 Å². The lowest BCUT2D eigenvalue weighted by atomic mass is 9.79. The number of rotatable bonds is 5. The number of anilines is 1. The number of hydrogen-bond donors (Lipinski definition) is 0. The Bertz CT molecular complexity index is 948. The summed E-state index contributed by atoms with van der Waals surface area (Å²) in [6, 6.07) is 4.94. The highest BCUT2D eigenvalue weighted by Gasteiger charge is 2.51. The van der Waals surface area contributed by atoms with Gasteiger partial charge in [-0.25, -0.2) is 9.78 Å². The number of piperazine rings is 2. The van der Waals surface area contributed by atoms with Gasteiger partial charge in [-0.1, -0.05) is 0 Å². The smallest absolute Gasteiger partial charge is 0.444 e. The molecule has 0 saturated carbocycles. The molecular formula is C28H48BN5O4. The van der Waals surface area contributed by atoms with Crippen LogP contribution in [0.1, 0.15) is 62.3 Å². The summed E-state index contributed by atoms with van der Waals surface area (Å²) in [6.45, 7) is 25.8. The van der Waals surface area contributed by atoms with Crippen LogP contribution in [0.5, 0.6) is 0 Å². The zero-order valence-electron chi connectivity index (χ0n) is 25.0. The first-order valence-corrected chi connectivity index (χ1v) is 14.2. The average Bonchev–Trinajstić information content (AvgIpc) is 3.04. The van der Waals surface area contributed by atoms with E-state index in [1.165, 1.54) is 0 Å². The highest BCUT2D eigenvalue weighted by atomic mass is 16.7. The van der Waals surface area contributed by atoms with Crippen molar-refractivity contribution in [1.82, 2.24) is 19.7 Å². The molecule has 4 heterocycles. The molecule has 3 aliphatic rings. The van der Waals surface area contributed by atoms with Crippen molar-refractivity contribution in [2.45, 2.75) is 91.2 Å². The van der Waals surface area contributed by atoms with Crippen molar-refractivity contribution in [2.75, 3.05) is 57.3 Å². The zero-order valence-corrected chi connectivity index (χ0v) is 25.0. The van der Waals surface area contributed by atoms with E-state index in [0.29, 0.717) is 12.1 Å². The number of amides is 1. The standard InChI is InChI=1S/C28H48BN5O4/c1-21-19-33(24-18-23(10-11-30-24)29-37-27(6,7)28(8,9)38-29)20-22(2)34(21)17-14-31-12-15-32(16-13-31)25(35)36-26(3,4)5/h10-11,18,21-22H,12-17,19-20H2,1-9H3. The Labute approximate surface area is 229 Å². The molecular weight excluding hydrogens is 481 g/mol. The predicted molar refractivity (Wildman–Crippen MR) is 152 cm³/mol. The summed E-state index contributed by atoms with van der Waals surface area (Å²) >= 11 is 0. The van der Waals surface area contributed by atoms with Crippen molar-refractivity contribution in [3.63, 3.8) is 0 Å². The molecule has 1 amide bonds. The lowest BCUT2D eigenvalue weighted by Gasteiger charge is -2.46. The van der Waals surface area contributed by atoms with Gasteiger partial charge < -0.3 is 23.8 Å². The van der Waals surface area contributed by atoms with Crippen LogP contribution in [0.25, 0.3) is 0 Å². The van der Waals surface area contributed by atoms with Gasteiger partial charge in [0.05, 0.1) is 11.2 Å². The van der Waals surface area contributed by atoms with Gasteiger partial charge in [-0.3, -0.25) is 9.80 Å². The minimum absolute atomic E-state index is 0.202. The van der Waals surface area contributed by atoms with E-state index in [9.17, 15) is 4.79 Å². The molecule has 3 saturated heterocycles. The first-order chi connectivity index (χ1) is 17.6. The maximum atomic E-state index is 12.4. The molecule has 2 unspecified atom stereocenters. The highest BCUT2D eigenvalue weighted by Crippen LogP contribution is 2.36. The van der Waals surface area contributed by atoms with Crippen LogP contribution in [0.15, 0.2) is 18.3 Å². The Morgan fingerprint density at radius 2 is 1.61 bits per heavy atom. The molecule has 0 N–H and O–H groups in total. The summed E-state index contributed by atoms with van der Waals surface area (Å²) in [4.78, 5) is 26.4. The van der Waals surface area contributed by atoms with Gasteiger partial charge in [0.1, 0.15) is 11.4 Å². The van der Waals surface area contributed by atoms with E-state index in [4.69, 9.17) is 19.0 Å². The van der Waals surface area contributed by atoms with Crippen molar-refractivity contribution < 1.29 is 18.8 Å². The first kappa shape index (κ1) is 29.1. The fourth-order valence-electron chi connectivity index (χ4n) is 5.45. The van der Waals surface area contributed by atoms with Gasteiger partial charge >= 0.3 is 13.2 Å². The minimum Gasteiger partial charge on any atom is -0.444 e. The molecule has 0 bridgehead atoms. The SMILES string of the molecule is CC1CN(c2cc(B3OC(C)(C)C(C)(C)O3)ccn2)CC(C)N1CCN1CCN(C(=O)OC(C)(C)C)CC1. The van der Waals surface area contributed by atoms with Crippen molar-refractivity contribution in [3.8, 4) is 0 Å². The summed E-state index contributed by atoms with van der Waals surface area (Å²) in [5, 5.41) is 0. The summed E-state index contributed by atoms with van der Waals surface area (Å²) in [7, 11) is -0.381. The molecule has 212 valence electrons. The number of pyridine rings is 1. The Balaban J connectivity index is 1.28. The fraction of sp³-hybridized carbons (Fsp3) is 0.786. The third-order valence-electron chi connectivity index (χ3n) is 8.42. The van der Waals surface area contributed by atoms with E-state index in [1.807, 2.05) is 37.9 Å². The summed E-state index contributed by atoms with van der Waals surface area (Å²) in [5.74, 6) is 0.980. The molecule has 0 spiro atoms. The monoisotopic (exact) mass is 529 g/mol. The predicted octanol–water partition coefficient (Wildman–Crippen LogP) is 2.83. The molecule has 1 aromatic heterocycles. The van der Waals surface area contributed by atoms with Crippen LogP contribution in [0.2, 0.25) is 0 Å². The minimum atomic E-state index is -0.453. The van der Waals surface area contributed by atoms with Crippen LogP contribution < -0.4 is 10.4 Å². The summed E-state index contributed by atoms with van der Waals surface area (Å²) in [6.07, 6.45) is 1.67. The van der Waals surface area contributed by atoms with Gasteiger partial charge in [0, 0.05) is 70.6 Å². The second kappa shape index (κ2) is 10.9. The van der Waals surface area contributed by atoms with E-state index < -0.39 is 5.60 Å². The van der Waals surface area contributed by atoms with E-state index >= 15 is 0 Å². The van der Waals surface area contributed by atoms with Gasteiger partial charge in [0.25, 0.3) is 0 Å². The van der Waals surface area contributed by atoms with Gasteiger partial charge in [-0.2, -0.15) is 0 Å². The van der Waals surface area contributed by atoms with Crippen LogP contribution >= 0.6 is 0 Å². The molecule has 0 aromatic carbocycles. The highest BCUT2D eigenvalue weighted by molar-refractivity contribution is 6.62. The number of aromatic nitrogens is 1.